The summed E-state index contributed by atoms with van der Waals surface area (Å²) >= 11 is 1.46. The molecule has 0 unspecified atom stereocenters. The molecule has 0 bridgehead atoms. The van der Waals surface area contributed by atoms with E-state index >= 15 is 0 Å². The third-order valence-electron chi connectivity index (χ3n) is 4.48. The molecule has 3 heterocycles. The highest BCUT2D eigenvalue weighted by Crippen LogP contribution is 2.27. The van der Waals surface area contributed by atoms with Gasteiger partial charge in [0, 0.05) is 15.8 Å². The smallest absolute Gasteiger partial charge is 0.355 e. The van der Waals surface area contributed by atoms with Crippen LogP contribution in [0.1, 0.15) is 39.8 Å². The topological polar surface area (TPSA) is 87.8 Å². The minimum Gasteiger partial charge on any atom is -0.450 e. The van der Waals surface area contributed by atoms with Crippen LogP contribution >= 0.6 is 11.3 Å². The fraction of sp³-hybridized carbons (Fsp3) is 0.211. The Hall–Kier alpha value is -2.93. The molecule has 0 radical (unpaired) electrons. The lowest BCUT2D eigenvalue weighted by Gasteiger charge is -2.11. The maximum Gasteiger partial charge on any atom is 0.355 e. The molecule has 0 saturated carbocycles. The molecule has 3 aromatic heterocycles. The maximum atomic E-state index is 12.4. The zero-order valence-electron chi connectivity index (χ0n) is 14.5. The third-order valence-corrected chi connectivity index (χ3v) is 5.58. The number of nitrogens with one attached hydrogen (secondary N) is 2. The number of hydrogen-bond donors (Lipinski definition) is 2. The molecule has 0 fully saturated rings. The Kier molecular flexibility index (Phi) is 3.88. The molecule has 0 saturated heterocycles. The van der Waals surface area contributed by atoms with Gasteiger partial charge in [0.05, 0.1) is 5.39 Å². The summed E-state index contributed by atoms with van der Waals surface area (Å²) in [6, 6.07) is 9.36. The standard InChI is InChI=1S/C19H17N3O3S/c1-9-11(3)26-18-15(9)17(23)21-16(22-18)10(2)25-19(24)14-8-12-6-4-5-7-13(12)20-14/h4-8,10,20H,1-3H3,(H,21,22,23)/t10-/m0/s1. The number of thiophene rings is 1. The molecule has 2 N–H and O–H groups in total. The Bertz CT molecular complexity index is 1170. The number of carbonyl (C=O) groups is 1. The molecule has 0 amide bonds. The summed E-state index contributed by atoms with van der Waals surface area (Å²) in [6.07, 6.45) is -0.672. The quantitative estimate of drug-likeness (QED) is 0.536. The van der Waals surface area contributed by atoms with E-state index in [4.69, 9.17) is 4.74 Å². The number of para-hydroxylation sites is 1. The van der Waals surface area contributed by atoms with Gasteiger partial charge in [-0.1, -0.05) is 18.2 Å². The molecule has 0 spiro atoms. The summed E-state index contributed by atoms with van der Waals surface area (Å²) < 4.78 is 5.49. The van der Waals surface area contributed by atoms with Gasteiger partial charge < -0.3 is 14.7 Å². The number of aromatic amines is 2. The highest BCUT2D eigenvalue weighted by molar-refractivity contribution is 7.18. The zero-order valence-corrected chi connectivity index (χ0v) is 15.4. The zero-order chi connectivity index (χ0) is 18.4. The number of benzene rings is 1. The Morgan fingerprint density at radius 3 is 2.77 bits per heavy atom. The fourth-order valence-corrected chi connectivity index (χ4v) is 3.96. The number of aryl methyl sites for hydroxylation is 2. The number of hydrogen-bond acceptors (Lipinski definition) is 5. The number of fused-ring (bicyclic) bond motifs is 2. The van der Waals surface area contributed by atoms with Crippen LogP contribution in [0.5, 0.6) is 0 Å². The van der Waals surface area contributed by atoms with E-state index in [-0.39, 0.29) is 5.56 Å². The predicted octanol–water partition coefficient (Wildman–Crippen LogP) is 4.00. The van der Waals surface area contributed by atoms with Crippen molar-refractivity contribution < 1.29 is 9.53 Å². The van der Waals surface area contributed by atoms with Crippen LogP contribution < -0.4 is 5.56 Å². The molecule has 6 nitrogen and oxygen atoms in total. The van der Waals surface area contributed by atoms with Gasteiger partial charge in [0.2, 0.25) is 0 Å². The van der Waals surface area contributed by atoms with Crippen molar-refractivity contribution in [1.29, 1.82) is 0 Å². The van der Waals surface area contributed by atoms with E-state index in [9.17, 15) is 9.59 Å². The molecule has 0 aliphatic carbocycles. The van der Waals surface area contributed by atoms with Gasteiger partial charge in [0.1, 0.15) is 10.5 Å². The van der Waals surface area contributed by atoms with E-state index in [1.165, 1.54) is 11.3 Å². The monoisotopic (exact) mass is 367 g/mol. The molecule has 0 aliphatic rings. The van der Waals surface area contributed by atoms with E-state index in [2.05, 4.69) is 15.0 Å². The summed E-state index contributed by atoms with van der Waals surface area (Å²) in [5.74, 6) is -0.150. The number of esters is 1. The Morgan fingerprint density at radius 1 is 1.23 bits per heavy atom. The van der Waals surface area contributed by atoms with Crippen molar-refractivity contribution in [2.24, 2.45) is 0 Å². The van der Waals surface area contributed by atoms with Crippen molar-refractivity contribution in [2.45, 2.75) is 26.9 Å². The first-order valence-electron chi connectivity index (χ1n) is 8.22. The first-order valence-corrected chi connectivity index (χ1v) is 9.04. The summed E-state index contributed by atoms with van der Waals surface area (Å²) in [5, 5.41) is 1.54. The van der Waals surface area contributed by atoms with Gasteiger partial charge in [-0.2, -0.15) is 0 Å². The van der Waals surface area contributed by atoms with Gasteiger partial charge >= 0.3 is 5.97 Å². The Labute approximate surface area is 152 Å². The summed E-state index contributed by atoms with van der Waals surface area (Å²) in [7, 11) is 0. The molecule has 26 heavy (non-hydrogen) atoms. The lowest BCUT2D eigenvalue weighted by molar-refractivity contribution is 0.0314. The second-order valence-corrected chi connectivity index (χ2v) is 7.44. The number of aromatic nitrogens is 3. The van der Waals surface area contributed by atoms with Gasteiger partial charge in [-0.25, -0.2) is 9.78 Å². The van der Waals surface area contributed by atoms with Crippen molar-refractivity contribution >= 4 is 38.4 Å². The summed E-state index contributed by atoms with van der Waals surface area (Å²) in [5.41, 5.74) is 1.96. The van der Waals surface area contributed by atoms with Gasteiger partial charge in [-0.3, -0.25) is 4.79 Å². The lowest BCUT2D eigenvalue weighted by atomic mass is 10.2. The van der Waals surface area contributed by atoms with Crippen LogP contribution in [0.15, 0.2) is 35.1 Å². The molecule has 7 heteroatoms. The Balaban J connectivity index is 1.63. The fourth-order valence-electron chi connectivity index (χ4n) is 2.93. The second kappa shape index (κ2) is 6.10. The lowest BCUT2D eigenvalue weighted by Crippen LogP contribution is -2.17. The van der Waals surface area contributed by atoms with E-state index in [0.717, 1.165) is 21.3 Å². The van der Waals surface area contributed by atoms with E-state index in [0.29, 0.717) is 21.7 Å². The molecular formula is C19H17N3O3S. The van der Waals surface area contributed by atoms with Crippen LogP contribution in [0, 0.1) is 13.8 Å². The van der Waals surface area contributed by atoms with Crippen LogP contribution in [-0.4, -0.2) is 20.9 Å². The molecule has 1 aromatic carbocycles. The van der Waals surface area contributed by atoms with E-state index in [1.807, 2.05) is 38.1 Å². The molecule has 4 aromatic rings. The summed E-state index contributed by atoms with van der Waals surface area (Å²) in [6.45, 7) is 5.56. The predicted molar refractivity (Wildman–Crippen MR) is 102 cm³/mol. The minimum absolute atomic E-state index is 0.208. The number of H-pyrrole nitrogens is 2. The first-order chi connectivity index (χ1) is 12.4. The summed E-state index contributed by atoms with van der Waals surface area (Å²) in [4.78, 5) is 36.8. The van der Waals surface area contributed by atoms with Gasteiger partial charge in [0.25, 0.3) is 5.56 Å². The molecule has 0 aliphatic heterocycles. The number of ether oxygens (including phenoxy) is 1. The van der Waals surface area contributed by atoms with Crippen LogP contribution in [-0.2, 0) is 4.74 Å². The van der Waals surface area contributed by atoms with Crippen LogP contribution in [0.25, 0.3) is 21.1 Å². The molecule has 4 rings (SSSR count). The largest absolute Gasteiger partial charge is 0.450 e. The van der Waals surface area contributed by atoms with Crippen molar-refractivity contribution in [3.8, 4) is 0 Å². The van der Waals surface area contributed by atoms with Gasteiger partial charge in [-0.15, -0.1) is 11.3 Å². The molecular weight excluding hydrogens is 350 g/mol. The van der Waals surface area contributed by atoms with E-state index in [1.54, 1.807) is 13.0 Å². The number of rotatable bonds is 3. The maximum absolute atomic E-state index is 12.4. The molecule has 1 atom stereocenters. The van der Waals surface area contributed by atoms with E-state index < -0.39 is 12.1 Å². The SMILES string of the molecule is Cc1sc2nc([C@H](C)OC(=O)c3cc4ccccc4[nH]3)[nH]c(=O)c2c1C. The Morgan fingerprint density at radius 2 is 2.00 bits per heavy atom. The molecule has 132 valence electrons. The van der Waals surface area contributed by atoms with Crippen molar-refractivity contribution in [2.75, 3.05) is 0 Å². The minimum atomic E-state index is -0.672. The van der Waals surface area contributed by atoms with Gasteiger partial charge in [-0.05, 0) is 38.5 Å². The van der Waals surface area contributed by atoms with Crippen molar-refractivity contribution in [1.82, 2.24) is 15.0 Å². The number of nitrogens with zero attached hydrogens (tertiary/aromatic N) is 1. The second-order valence-electron chi connectivity index (χ2n) is 6.23. The van der Waals surface area contributed by atoms with Gasteiger partial charge in [0.15, 0.2) is 11.9 Å². The highest BCUT2D eigenvalue weighted by atomic mass is 32.1. The highest BCUT2D eigenvalue weighted by Gasteiger charge is 2.20. The normalized spacial score (nSPS) is 12.6. The van der Waals surface area contributed by atoms with Crippen molar-refractivity contribution in [3.63, 3.8) is 0 Å². The number of carbonyl (C=O) groups excluding carboxylic acids is 1. The van der Waals surface area contributed by atoms with Crippen LogP contribution in [0.3, 0.4) is 0 Å². The average molecular weight is 367 g/mol. The van der Waals surface area contributed by atoms with Crippen LogP contribution in [0.2, 0.25) is 0 Å². The first kappa shape index (κ1) is 16.5. The average Bonchev–Trinajstić information content (AvgIpc) is 3.16. The van der Waals surface area contributed by atoms with Crippen molar-refractivity contribution in [3.05, 3.63) is 62.6 Å². The van der Waals surface area contributed by atoms with Crippen LogP contribution in [0.4, 0.5) is 0 Å². The third kappa shape index (κ3) is 2.70.